The summed E-state index contributed by atoms with van der Waals surface area (Å²) in [5.41, 5.74) is 0.246. The highest BCUT2D eigenvalue weighted by Gasteiger charge is 2.31. The van der Waals surface area contributed by atoms with Gasteiger partial charge in [0.15, 0.2) is 0 Å². The minimum Gasteiger partial charge on any atom is -0.383 e. The van der Waals surface area contributed by atoms with Gasteiger partial charge in [0.25, 0.3) is 0 Å². The normalized spacial score (nSPS) is 11.3. The molecule has 0 radical (unpaired) electrons. The summed E-state index contributed by atoms with van der Waals surface area (Å²) in [6, 6.07) is 9.63. The van der Waals surface area contributed by atoms with E-state index in [1.807, 2.05) is 30.3 Å². The predicted molar refractivity (Wildman–Crippen MR) is 112 cm³/mol. The van der Waals surface area contributed by atoms with Crippen molar-refractivity contribution in [2.24, 2.45) is 5.41 Å². The van der Waals surface area contributed by atoms with Crippen LogP contribution in [-0.4, -0.2) is 59.6 Å². The van der Waals surface area contributed by atoms with Crippen molar-refractivity contribution in [3.8, 4) is 10.6 Å². The number of ether oxygens (including phenoxy) is 1. The van der Waals surface area contributed by atoms with Crippen molar-refractivity contribution in [3.05, 3.63) is 30.3 Å². The van der Waals surface area contributed by atoms with E-state index in [-0.39, 0.29) is 30.7 Å². The maximum absolute atomic E-state index is 12.7. The Bertz CT molecular complexity index is 782. The van der Waals surface area contributed by atoms with Crippen LogP contribution in [0.5, 0.6) is 0 Å². The van der Waals surface area contributed by atoms with Crippen molar-refractivity contribution >= 4 is 39.9 Å². The van der Waals surface area contributed by atoms with E-state index in [0.29, 0.717) is 18.3 Å². The topological polar surface area (TPSA) is 84.4 Å². The van der Waals surface area contributed by atoms with Crippen LogP contribution >= 0.6 is 22.9 Å². The molecule has 0 aliphatic heterocycles. The first-order valence-corrected chi connectivity index (χ1v) is 10.3. The van der Waals surface area contributed by atoms with Gasteiger partial charge in [0.2, 0.25) is 16.9 Å². The number of methoxy groups -OCH3 is 1. The summed E-state index contributed by atoms with van der Waals surface area (Å²) in [5, 5.41) is 12.0. The Kier molecular flexibility index (Phi) is 8.35. The molecule has 0 saturated carbocycles. The Morgan fingerprint density at radius 1 is 1.21 bits per heavy atom. The smallest absolute Gasteiger partial charge is 0.229 e. The van der Waals surface area contributed by atoms with E-state index in [1.54, 1.807) is 25.9 Å². The lowest BCUT2D eigenvalue weighted by Gasteiger charge is -2.30. The lowest BCUT2D eigenvalue weighted by Crippen LogP contribution is -2.44. The van der Waals surface area contributed by atoms with Crippen LogP contribution in [0, 0.1) is 5.41 Å². The van der Waals surface area contributed by atoms with Gasteiger partial charge in [-0.05, 0) is 13.8 Å². The zero-order chi connectivity index (χ0) is 20.6. The number of carbonyl (C=O) groups excluding carboxylic acids is 2. The molecule has 152 valence electrons. The van der Waals surface area contributed by atoms with Crippen LogP contribution in [-0.2, 0) is 14.3 Å². The number of hydrogen-bond donors (Lipinski definition) is 1. The van der Waals surface area contributed by atoms with Crippen molar-refractivity contribution in [3.63, 3.8) is 0 Å². The van der Waals surface area contributed by atoms with Gasteiger partial charge in [-0.3, -0.25) is 9.59 Å². The molecule has 7 nitrogen and oxygen atoms in total. The van der Waals surface area contributed by atoms with Gasteiger partial charge in [-0.1, -0.05) is 41.7 Å². The number of rotatable bonds is 10. The number of nitrogens with one attached hydrogen (secondary N) is 1. The Balaban J connectivity index is 1.93. The third-order valence-corrected chi connectivity index (χ3v) is 5.62. The SMILES string of the molecule is COCCN(CCC(=O)Nc1nnc(-c2ccccc2)s1)C(=O)C(C)(C)CCl. The summed E-state index contributed by atoms with van der Waals surface area (Å²) in [7, 11) is 1.57. The highest BCUT2D eigenvalue weighted by molar-refractivity contribution is 7.18. The molecule has 0 aliphatic carbocycles. The third kappa shape index (κ3) is 6.25. The van der Waals surface area contributed by atoms with E-state index >= 15 is 0 Å². The maximum atomic E-state index is 12.7. The van der Waals surface area contributed by atoms with Crippen LogP contribution < -0.4 is 5.32 Å². The van der Waals surface area contributed by atoms with Crippen LogP contribution in [0.25, 0.3) is 10.6 Å². The number of halogens is 1. The highest BCUT2D eigenvalue weighted by atomic mass is 35.5. The molecular weight excluding hydrogens is 400 g/mol. The predicted octanol–water partition coefficient (Wildman–Crippen LogP) is 3.27. The van der Waals surface area contributed by atoms with Gasteiger partial charge in [-0.25, -0.2) is 0 Å². The summed E-state index contributed by atoms with van der Waals surface area (Å²) in [5.74, 6) is -0.126. The minimum absolute atomic E-state index is 0.102. The average molecular weight is 425 g/mol. The number of hydrogen-bond acceptors (Lipinski definition) is 6. The summed E-state index contributed by atoms with van der Waals surface area (Å²) in [4.78, 5) is 26.6. The molecule has 9 heteroatoms. The molecule has 2 amide bonds. The number of carbonyl (C=O) groups is 2. The molecular formula is C19H25ClN4O3S. The van der Waals surface area contributed by atoms with Crippen LogP contribution in [0.2, 0.25) is 0 Å². The molecule has 0 saturated heterocycles. The van der Waals surface area contributed by atoms with Crippen molar-refractivity contribution in [1.29, 1.82) is 0 Å². The standard InChI is InChI=1S/C19H25ClN4O3S/c1-19(2,13-20)17(26)24(11-12-27-3)10-9-15(25)21-18-23-22-16(28-18)14-7-5-4-6-8-14/h4-8H,9-13H2,1-3H3,(H,21,23,25). The van der Waals surface area contributed by atoms with E-state index in [9.17, 15) is 9.59 Å². The molecule has 1 heterocycles. The number of anilines is 1. The summed E-state index contributed by atoms with van der Waals surface area (Å²) < 4.78 is 5.07. The fourth-order valence-corrected chi connectivity index (χ4v) is 3.27. The lowest BCUT2D eigenvalue weighted by molar-refractivity contribution is -0.140. The zero-order valence-electron chi connectivity index (χ0n) is 16.3. The van der Waals surface area contributed by atoms with Gasteiger partial charge in [0.1, 0.15) is 5.01 Å². The molecule has 28 heavy (non-hydrogen) atoms. The van der Waals surface area contributed by atoms with Crippen LogP contribution in [0.15, 0.2) is 30.3 Å². The highest BCUT2D eigenvalue weighted by Crippen LogP contribution is 2.26. The first-order valence-electron chi connectivity index (χ1n) is 8.90. The molecule has 2 aromatic rings. The van der Waals surface area contributed by atoms with Crippen LogP contribution in [0.4, 0.5) is 5.13 Å². The largest absolute Gasteiger partial charge is 0.383 e. The Labute approximate surface area is 174 Å². The second kappa shape index (κ2) is 10.5. The second-order valence-electron chi connectivity index (χ2n) is 6.88. The van der Waals surface area contributed by atoms with Crippen LogP contribution in [0.1, 0.15) is 20.3 Å². The van der Waals surface area contributed by atoms with Gasteiger partial charge in [0, 0.05) is 38.1 Å². The molecule has 2 rings (SSSR count). The van der Waals surface area contributed by atoms with E-state index in [2.05, 4.69) is 15.5 Å². The molecule has 1 aromatic heterocycles. The fourth-order valence-electron chi connectivity index (χ4n) is 2.39. The quantitative estimate of drug-likeness (QED) is 0.591. The number of amides is 2. The van der Waals surface area contributed by atoms with Gasteiger partial charge in [-0.2, -0.15) is 0 Å². The number of nitrogens with zero attached hydrogens (tertiary/aromatic N) is 3. The molecule has 0 aliphatic rings. The molecule has 0 bridgehead atoms. The second-order valence-corrected chi connectivity index (χ2v) is 8.12. The summed E-state index contributed by atoms with van der Waals surface area (Å²) in [6.07, 6.45) is 0.147. The monoisotopic (exact) mass is 424 g/mol. The van der Waals surface area contributed by atoms with E-state index in [4.69, 9.17) is 16.3 Å². The van der Waals surface area contributed by atoms with Gasteiger partial charge < -0.3 is 15.0 Å². The number of alkyl halides is 1. The molecule has 1 N–H and O–H groups in total. The van der Waals surface area contributed by atoms with E-state index < -0.39 is 5.41 Å². The first-order chi connectivity index (χ1) is 13.4. The minimum atomic E-state index is -0.699. The van der Waals surface area contributed by atoms with Crippen molar-refractivity contribution < 1.29 is 14.3 Å². The van der Waals surface area contributed by atoms with E-state index in [0.717, 1.165) is 10.6 Å². The molecule has 0 unspecified atom stereocenters. The van der Waals surface area contributed by atoms with Crippen molar-refractivity contribution in [2.45, 2.75) is 20.3 Å². The van der Waals surface area contributed by atoms with E-state index in [1.165, 1.54) is 11.3 Å². The third-order valence-electron chi connectivity index (χ3n) is 4.07. The Hall–Kier alpha value is -2.03. The fraction of sp³-hybridized carbons (Fsp3) is 0.474. The average Bonchev–Trinajstić information content (AvgIpc) is 3.16. The van der Waals surface area contributed by atoms with Gasteiger partial charge in [-0.15, -0.1) is 21.8 Å². The molecule has 0 fully saturated rings. The lowest BCUT2D eigenvalue weighted by atomic mass is 9.94. The Morgan fingerprint density at radius 2 is 1.93 bits per heavy atom. The Morgan fingerprint density at radius 3 is 2.57 bits per heavy atom. The first kappa shape index (κ1) is 22.3. The summed E-state index contributed by atoms with van der Waals surface area (Å²) in [6.45, 7) is 4.64. The molecule has 0 atom stereocenters. The van der Waals surface area contributed by atoms with Gasteiger partial charge >= 0.3 is 0 Å². The van der Waals surface area contributed by atoms with Gasteiger partial charge in [0.05, 0.1) is 12.0 Å². The molecule has 1 aromatic carbocycles. The molecule has 0 spiro atoms. The number of benzene rings is 1. The van der Waals surface area contributed by atoms with Crippen molar-refractivity contribution in [1.82, 2.24) is 15.1 Å². The maximum Gasteiger partial charge on any atom is 0.229 e. The zero-order valence-corrected chi connectivity index (χ0v) is 17.8. The number of aromatic nitrogens is 2. The van der Waals surface area contributed by atoms with Crippen LogP contribution in [0.3, 0.4) is 0 Å². The summed E-state index contributed by atoms with van der Waals surface area (Å²) >= 11 is 7.22. The van der Waals surface area contributed by atoms with Crippen molar-refractivity contribution in [2.75, 3.05) is 38.0 Å².